The van der Waals surface area contributed by atoms with Crippen molar-refractivity contribution in [3.05, 3.63) is 18.0 Å². The summed E-state index contributed by atoms with van der Waals surface area (Å²) in [4.78, 5) is 0. The van der Waals surface area contributed by atoms with Crippen LogP contribution >= 0.6 is 0 Å². The van der Waals surface area contributed by atoms with Crippen molar-refractivity contribution in [2.75, 3.05) is 13.2 Å². The zero-order valence-electron chi connectivity index (χ0n) is 8.39. The smallest absolute Gasteiger partial charge is 0.0871 e. The van der Waals surface area contributed by atoms with Crippen molar-refractivity contribution in [1.29, 1.82) is 0 Å². The molecule has 1 aliphatic heterocycles. The molecule has 0 aliphatic carbocycles. The Balaban J connectivity index is 2.05. The Labute approximate surface area is 83.5 Å². The number of nitrogens with zero attached hydrogens (tertiary/aromatic N) is 2. The fraction of sp³-hybridized carbons (Fsp3) is 0.700. The van der Waals surface area contributed by atoms with Crippen LogP contribution < -0.4 is 0 Å². The molecule has 0 amide bonds. The molecule has 0 spiro atoms. The lowest BCUT2D eigenvalue weighted by Gasteiger charge is -2.13. The first kappa shape index (κ1) is 9.68. The first-order valence-electron chi connectivity index (χ1n) is 5.09. The van der Waals surface area contributed by atoms with Crippen molar-refractivity contribution >= 4 is 0 Å². The van der Waals surface area contributed by atoms with E-state index in [4.69, 9.17) is 4.74 Å². The summed E-state index contributed by atoms with van der Waals surface area (Å²) in [5, 5.41) is 14.1. The van der Waals surface area contributed by atoms with Gasteiger partial charge in [0.2, 0.25) is 0 Å². The second-order valence-electron chi connectivity index (χ2n) is 3.70. The Morgan fingerprint density at radius 2 is 2.64 bits per heavy atom. The van der Waals surface area contributed by atoms with Gasteiger partial charge in [0.1, 0.15) is 0 Å². The largest absolute Gasteiger partial charge is 0.388 e. The predicted molar refractivity (Wildman–Crippen MR) is 51.8 cm³/mol. The molecule has 2 atom stereocenters. The quantitative estimate of drug-likeness (QED) is 0.783. The van der Waals surface area contributed by atoms with Crippen LogP contribution in [0.1, 0.15) is 25.0 Å². The molecule has 0 radical (unpaired) electrons. The molecule has 14 heavy (non-hydrogen) atoms. The van der Waals surface area contributed by atoms with Gasteiger partial charge in [-0.1, -0.05) is 0 Å². The molecule has 1 N–H and O–H groups in total. The van der Waals surface area contributed by atoms with Gasteiger partial charge in [0.15, 0.2) is 0 Å². The lowest BCUT2D eigenvalue weighted by molar-refractivity contribution is 0.0917. The van der Waals surface area contributed by atoms with Crippen LogP contribution in [0.4, 0.5) is 0 Å². The summed E-state index contributed by atoms with van der Waals surface area (Å²) in [7, 11) is 0. The molecule has 1 aliphatic rings. The van der Waals surface area contributed by atoms with E-state index in [0.29, 0.717) is 6.61 Å². The highest BCUT2D eigenvalue weighted by atomic mass is 16.5. The standard InChI is InChI=1S/C10H16N2O2/c1-2-12-6-9(5-11-12)10(13)8-3-4-14-7-8/h5-6,8,10,13H,2-4,7H2,1H3. The summed E-state index contributed by atoms with van der Waals surface area (Å²) in [5.41, 5.74) is 0.905. The second-order valence-corrected chi connectivity index (χ2v) is 3.70. The minimum absolute atomic E-state index is 0.240. The summed E-state index contributed by atoms with van der Waals surface area (Å²) in [6.45, 7) is 4.30. The number of aromatic nitrogens is 2. The van der Waals surface area contributed by atoms with Crippen LogP contribution in [0.3, 0.4) is 0 Å². The number of rotatable bonds is 3. The van der Waals surface area contributed by atoms with Gasteiger partial charge < -0.3 is 9.84 Å². The lowest BCUT2D eigenvalue weighted by atomic mass is 9.98. The van der Waals surface area contributed by atoms with Gasteiger partial charge in [-0.15, -0.1) is 0 Å². The molecular weight excluding hydrogens is 180 g/mol. The van der Waals surface area contributed by atoms with Crippen LogP contribution in [0.15, 0.2) is 12.4 Å². The summed E-state index contributed by atoms with van der Waals surface area (Å²) < 4.78 is 7.07. The maximum absolute atomic E-state index is 10.00. The molecule has 2 unspecified atom stereocenters. The third-order valence-electron chi connectivity index (χ3n) is 2.73. The van der Waals surface area contributed by atoms with E-state index < -0.39 is 6.10 Å². The van der Waals surface area contributed by atoms with E-state index in [1.165, 1.54) is 0 Å². The highest BCUT2D eigenvalue weighted by Gasteiger charge is 2.25. The molecule has 2 rings (SSSR count). The Bertz CT molecular complexity index is 292. The topological polar surface area (TPSA) is 47.3 Å². The van der Waals surface area contributed by atoms with Gasteiger partial charge in [0.25, 0.3) is 0 Å². The zero-order chi connectivity index (χ0) is 9.97. The van der Waals surface area contributed by atoms with Crippen molar-refractivity contribution in [1.82, 2.24) is 9.78 Å². The predicted octanol–water partition coefficient (Wildman–Crippen LogP) is 0.973. The molecule has 1 fully saturated rings. The van der Waals surface area contributed by atoms with Crippen LogP contribution in [-0.2, 0) is 11.3 Å². The maximum Gasteiger partial charge on any atom is 0.0871 e. The van der Waals surface area contributed by atoms with E-state index in [9.17, 15) is 5.11 Å². The minimum Gasteiger partial charge on any atom is -0.388 e. The van der Waals surface area contributed by atoms with Crippen LogP contribution in [-0.4, -0.2) is 28.1 Å². The van der Waals surface area contributed by atoms with E-state index in [0.717, 1.165) is 25.1 Å². The van der Waals surface area contributed by atoms with E-state index in [1.807, 2.05) is 17.8 Å². The number of aryl methyl sites for hydroxylation is 1. The molecule has 4 nitrogen and oxygen atoms in total. The van der Waals surface area contributed by atoms with Gasteiger partial charge in [0.05, 0.1) is 18.9 Å². The van der Waals surface area contributed by atoms with Crippen molar-refractivity contribution < 1.29 is 9.84 Å². The number of aliphatic hydroxyl groups is 1. The summed E-state index contributed by atoms with van der Waals surface area (Å²) in [6, 6.07) is 0. The summed E-state index contributed by atoms with van der Waals surface area (Å²) >= 11 is 0. The molecule has 4 heteroatoms. The van der Waals surface area contributed by atoms with Crippen LogP contribution in [0, 0.1) is 5.92 Å². The zero-order valence-corrected chi connectivity index (χ0v) is 8.39. The van der Waals surface area contributed by atoms with Crippen molar-refractivity contribution in [3.8, 4) is 0 Å². The Kier molecular flexibility index (Phi) is 2.84. The third-order valence-corrected chi connectivity index (χ3v) is 2.73. The normalized spacial score (nSPS) is 24.0. The number of ether oxygens (including phenoxy) is 1. The average Bonchev–Trinajstić information content (AvgIpc) is 2.88. The van der Waals surface area contributed by atoms with E-state index in [2.05, 4.69) is 5.10 Å². The first-order valence-corrected chi connectivity index (χ1v) is 5.09. The molecule has 1 aromatic heterocycles. The second kappa shape index (κ2) is 4.11. The van der Waals surface area contributed by atoms with Crippen LogP contribution in [0.25, 0.3) is 0 Å². The van der Waals surface area contributed by atoms with Crippen molar-refractivity contribution in [3.63, 3.8) is 0 Å². The molecule has 0 saturated carbocycles. The fourth-order valence-electron chi connectivity index (χ4n) is 1.78. The van der Waals surface area contributed by atoms with E-state index in [1.54, 1.807) is 6.20 Å². The number of hydrogen-bond donors (Lipinski definition) is 1. The highest BCUT2D eigenvalue weighted by molar-refractivity contribution is 5.09. The summed E-state index contributed by atoms with van der Waals surface area (Å²) in [6.07, 6.45) is 4.17. The third kappa shape index (κ3) is 1.81. The van der Waals surface area contributed by atoms with Gasteiger partial charge in [-0.05, 0) is 13.3 Å². The lowest BCUT2D eigenvalue weighted by Crippen LogP contribution is -2.11. The van der Waals surface area contributed by atoms with E-state index >= 15 is 0 Å². The minimum atomic E-state index is -0.419. The SMILES string of the molecule is CCn1cc(C(O)C2CCOC2)cn1. The molecule has 0 aromatic carbocycles. The molecule has 1 aromatic rings. The molecule has 2 heterocycles. The van der Waals surface area contributed by atoms with Crippen molar-refractivity contribution in [2.45, 2.75) is 26.0 Å². The number of aliphatic hydroxyl groups excluding tert-OH is 1. The van der Waals surface area contributed by atoms with E-state index in [-0.39, 0.29) is 5.92 Å². The Morgan fingerprint density at radius 1 is 1.79 bits per heavy atom. The van der Waals surface area contributed by atoms with Gasteiger partial charge in [0, 0.05) is 30.8 Å². The molecule has 78 valence electrons. The highest BCUT2D eigenvalue weighted by Crippen LogP contribution is 2.27. The average molecular weight is 196 g/mol. The van der Waals surface area contributed by atoms with Crippen LogP contribution in [0.5, 0.6) is 0 Å². The van der Waals surface area contributed by atoms with Gasteiger partial charge in [-0.3, -0.25) is 4.68 Å². The van der Waals surface area contributed by atoms with Gasteiger partial charge >= 0.3 is 0 Å². The van der Waals surface area contributed by atoms with Gasteiger partial charge in [-0.25, -0.2) is 0 Å². The first-order chi connectivity index (χ1) is 6.81. The molecule has 1 saturated heterocycles. The van der Waals surface area contributed by atoms with Crippen LogP contribution in [0.2, 0.25) is 0 Å². The number of hydrogen-bond acceptors (Lipinski definition) is 3. The maximum atomic E-state index is 10.00. The van der Waals surface area contributed by atoms with Crippen molar-refractivity contribution in [2.24, 2.45) is 5.92 Å². The monoisotopic (exact) mass is 196 g/mol. The van der Waals surface area contributed by atoms with Gasteiger partial charge in [-0.2, -0.15) is 5.10 Å². The fourth-order valence-corrected chi connectivity index (χ4v) is 1.78. The molecule has 0 bridgehead atoms. The Hall–Kier alpha value is -0.870. The molecular formula is C10H16N2O2. The summed E-state index contributed by atoms with van der Waals surface area (Å²) in [5.74, 6) is 0.240. The Morgan fingerprint density at radius 3 is 3.21 bits per heavy atom.